The van der Waals surface area contributed by atoms with Crippen molar-refractivity contribution in [1.82, 2.24) is 0 Å². The molecule has 0 radical (unpaired) electrons. The predicted molar refractivity (Wildman–Crippen MR) is 64.8 cm³/mol. The first kappa shape index (κ1) is 13.3. The maximum absolute atomic E-state index is 13.5. The Morgan fingerprint density at radius 2 is 1.84 bits per heavy atom. The molecule has 2 aromatic carbocycles. The van der Waals surface area contributed by atoms with Crippen LogP contribution in [0, 0.1) is 11.6 Å². The van der Waals surface area contributed by atoms with E-state index in [0.717, 1.165) is 12.1 Å². The van der Waals surface area contributed by atoms with Gasteiger partial charge in [0, 0.05) is 11.1 Å². The molecule has 2 rings (SSSR count). The molecule has 0 saturated heterocycles. The van der Waals surface area contributed by atoms with Crippen LogP contribution in [0.15, 0.2) is 36.4 Å². The van der Waals surface area contributed by atoms with Gasteiger partial charge in [-0.1, -0.05) is 23.7 Å². The number of halogens is 3. The fourth-order valence-corrected chi connectivity index (χ4v) is 1.65. The summed E-state index contributed by atoms with van der Waals surface area (Å²) in [5.41, 5.74) is -0.165. The van der Waals surface area contributed by atoms with Crippen LogP contribution in [-0.2, 0) is 0 Å². The number of carboxylic acids is 1. The Morgan fingerprint density at radius 3 is 2.53 bits per heavy atom. The van der Waals surface area contributed by atoms with E-state index in [9.17, 15) is 13.6 Å². The molecule has 0 aliphatic carbocycles. The smallest absolute Gasteiger partial charge is 0.339 e. The van der Waals surface area contributed by atoms with Crippen molar-refractivity contribution in [2.75, 3.05) is 0 Å². The zero-order valence-corrected chi connectivity index (χ0v) is 10.1. The standard InChI is InChI=1S/C13H7ClF2O3/c14-7-5-9(15)12(16)11(6-7)19-10-4-2-1-3-8(10)13(17)18/h1-6H,(H,17,18). The van der Waals surface area contributed by atoms with E-state index in [4.69, 9.17) is 21.4 Å². The Kier molecular flexibility index (Phi) is 3.66. The summed E-state index contributed by atoms with van der Waals surface area (Å²) in [6.07, 6.45) is 0. The second-order valence-electron chi connectivity index (χ2n) is 3.60. The molecule has 0 bridgehead atoms. The molecule has 0 aliphatic heterocycles. The quantitative estimate of drug-likeness (QED) is 0.863. The fourth-order valence-electron chi connectivity index (χ4n) is 1.46. The van der Waals surface area contributed by atoms with Crippen molar-refractivity contribution in [1.29, 1.82) is 0 Å². The van der Waals surface area contributed by atoms with Crippen molar-refractivity contribution in [3.63, 3.8) is 0 Å². The first-order valence-corrected chi connectivity index (χ1v) is 5.51. The second kappa shape index (κ2) is 5.24. The van der Waals surface area contributed by atoms with Gasteiger partial charge in [0.25, 0.3) is 0 Å². The number of ether oxygens (including phenoxy) is 1. The zero-order chi connectivity index (χ0) is 14.0. The van der Waals surface area contributed by atoms with Gasteiger partial charge in [-0.3, -0.25) is 0 Å². The molecule has 0 unspecified atom stereocenters. The van der Waals surface area contributed by atoms with Crippen molar-refractivity contribution in [3.05, 3.63) is 58.6 Å². The third-order valence-electron chi connectivity index (χ3n) is 2.30. The van der Waals surface area contributed by atoms with Crippen LogP contribution < -0.4 is 4.74 Å². The van der Waals surface area contributed by atoms with Crippen LogP contribution in [0.25, 0.3) is 0 Å². The maximum Gasteiger partial charge on any atom is 0.339 e. The molecule has 0 fully saturated rings. The Hall–Kier alpha value is -2.14. The third-order valence-corrected chi connectivity index (χ3v) is 2.52. The fraction of sp³-hybridized carbons (Fsp3) is 0. The highest BCUT2D eigenvalue weighted by Gasteiger charge is 2.16. The summed E-state index contributed by atoms with van der Waals surface area (Å²) in [6, 6.07) is 7.50. The molecule has 0 aliphatic rings. The minimum Gasteiger partial charge on any atom is -0.478 e. The molecule has 1 N–H and O–H groups in total. The molecule has 0 spiro atoms. The average Bonchev–Trinajstić information content (AvgIpc) is 2.35. The molecule has 19 heavy (non-hydrogen) atoms. The van der Waals surface area contributed by atoms with Crippen molar-refractivity contribution >= 4 is 17.6 Å². The summed E-state index contributed by atoms with van der Waals surface area (Å²) in [6.45, 7) is 0. The summed E-state index contributed by atoms with van der Waals surface area (Å²) in [4.78, 5) is 11.0. The van der Waals surface area contributed by atoms with Crippen LogP contribution in [0.5, 0.6) is 11.5 Å². The molecule has 3 nitrogen and oxygen atoms in total. The molecule has 98 valence electrons. The van der Waals surface area contributed by atoms with Crippen LogP contribution in [0.1, 0.15) is 10.4 Å². The molecule has 2 aromatic rings. The van der Waals surface area contributed by atoms with Crippen molar-refractivity contribution < 1.29 is 23.4 Å². The van der Waals surface area contributed by atoms with Gasteiger partial charge in [-0.15, -0.1) is 0 Å². The SMILES string of the molecule is O=C(O)c1ccccc1Oc1cc(Cl)cc(F)c1F. The highest BCUT2D eigenvalue weighted by atomic mass is 35.5. The van der Waals surface area contributed by atoms with E-state index in [1.165, 1.54) is 24.3 Å². The summed E-state index contributed by atoms with van der Waals surface area (Å²) in [5, 5.41) is 8.89. The Balaban J connectivity index is 2.45. The monoisotopic (exact) mass is 284 g/mol. The number of hydrogen-bond donors (Lipinski definition) is 1. The van der Waals surface area contributed by atoms with Gasteiger partial charge >= 0.3 is 5.97 Å². The van der Waals surface area contributed by atoms with E-state index in [-0.39, 0.29) is 16.3 Å². The molecule has 6 heteroatoms. The normalized spacial score (nSPS) is 10.3. The van der Waals surface area contributed by atoms with Gasteiger partial charge in [-0.05, 0) is 18.2 Å². The van der Waals surface area contributed by atoms with Gasteiger partial charge in [0.2, 0.25) is 5.82 Å². The van der Waals surface area contributed by atoms with Crippen LogP contribution in [0.3, 0.4) is 0 Å². The first-order chi connectivity index (χ1) is 8.99. The second-order valence-corrected chi connectivity index (χ2v) is 4.04. The number of para-hydroxylation sites is 1. The van der Waals surface area contributed by atoms with Crippen LogP contribution in [-0.4, -0.2) is 11.1 Å². The minimum atomic E-state index is -1.24. The lowest BCUT2D eigenvalue weighted by Gasteiger charge is -2.10. The molecular formula is C13H7ClF2O3. The molecule has 0 saturated carbocycles. The van der Waals surface area contributed by atoms with Gasteiger partial charge in [0.15, 0.2) is 11.6 Å². The predicted octanol–water partition coefficient (Wildman–Crippen LogP) is 4.11. The van der Waals surface area contributed by atoms with Gasteiger partial charge in [0.05, 0.1) is 0 Å². The molecular weight excluding hydrogens is 278 g/mol. The van der Waals surface area contributed by atoms with Crippen molar-refractivity contribution in [3.8, 4) is 11.5 Å². The summed E-state index contributed by atoms with van der Waals surface area (Å²) in [7, 11) is 0. The maximum atomic E-state index is 13.5. The van der Waals surface area contributed by atoms with E-state index in [2.05, 4.69) is 0 Å². The van der Waals surface area contributed by atoms with Crippen LogP contribution in [0.4, 0.5) is 8.78 Å². The van der Waals surface area contributed by atoms with Gasteiger partial charge in [-0.25, -0.2) is 9.18 Å². The minimum absolute atomic E-state index is 0.0540. The number of carbonyl (C=O) groups is 1. The van der Waals surface area contributed by atoms with Gasteiger partial charge in [-0.2, -0.15) is 4.39 Å². The van der Waals surface area contributed by atoms with Gasteiger partial charge in [0.1, 0.15) is 11.3 Å². The summed E-state index contributed by atoms with van der Waals surface area (Å²) < 4.78 is 31.7. The Labute approximate surface area is 112 Å². The van der Waals surface area contributed by atoms with Gasteiger partial charge < -0.3 is 9.84 Å². The van der Waals surface area contributed by atoms with E-state index < -0.39 is 23.4 Å². The van der Waals surface area contributed by atoms with E-state index in [1.54, 1.807) is 0 Å². The average molecular weight is 285 g/mol. The Morgan fingerprint density at radius 1 is 1.16 bits per heavy atom. The summed E-state index contributed by atoms with van der Waals surface area (Å²) in [5.74, 6) is -4.22. The lowest BCUT2D eigenvalue weighted by Crippen LogP contribution is -2.01. The van der Waals surface area contributed by atoms with Crippen molar-refractivity contribution in [2.24, 2.45) is 0 Å². The lowest BCUT2D eigenvalue weighted by molar-refractivity contribution is 0.0694. The molecule has 0 aromatic heterocycles. The third kappa shape index (κ3) is 2.82. The van der Waals surface area contributed by atoms with Crippen LogP contribution in [0.2, 0.25) is 5.02 Å². The number of carboxylic acid groups (broad SMARTS) is 1. The number of aromatic carboxylic acids is 1. The molecule has 0 atom stereocenters. The van der Waals surface area contributed by atoms with E-state index in [1.807, 2.05) is 0 Å². The molecule has 0 amide bonds. The first-order valence-electron chi connectivity index (χ1n) is 5.13. The highest BCUT2D eigenvalue weighted by Crippen LogP contribution is 2.31. The van der Waals surface area contributed by atoms with Crippen molar-refractivity contribution in [2.45, 2.75) is 0 Å². The topological polar surface area (TPSA) is 46.5 Å². The Bertz CT molecular complexity index is 644. The zero-order valence-electron chi connectivity index (χ0n) is 9.36. The number of rotatable bonds is 3. The van der Waals surface area contributed by atoms with Crippen LogP contribution >= 0.6 is 11.6 Å². The highest BCUT2D eigenvalue weighted by molar-refractivity contribution is 6.30. The van der Waals surface area contributed by atoms with E-state index >= 15 is 0 Å². The summed E-state index contributed by atoms with van der Waals surface area (Å²) >= 11 is 5.59. The van der Waals surface area contributed by atoms with E-state index in [0.29, 0.717) is 0 Å². The largest absolute Gasteiger partial charge is 0.478 e. The number of hydrogen-bond acceptors (Lipinski definition) is 2. The number of benzene rings is 2. The lowest BCUT2D eigenvalue weighted by atomic mass is 10.2. The molecule has 0 heterocycles.